The molecule has 2 amide bonds. The van der Waals surface area contributed by atoms with Crippen molar-refractivity contribution in [3.8, 4) is 17.0 Å². The van der Waals surface area contributed by atoms with Gasteiger partial charge in [-0.1, -0.05) is 47.7 Å². The third-order valence-corrected chi connectivity index (χ3v) is 6.55. The second-order valence-corrected chi connectivity index (χ2v) is 9.20. The van der Waals surface area contributed by atoms with Crippen molar-refractivity contribution in [2.24, 2.45) is 0 Å². The molecule has 0 fully saturated rings. The zero-order valence-electron chi connectivity index (χ0n) is 20.1. The number of rotatable bonds is 9. The van der Waals surface area contributed by atoms with Gasteiger partial charge in [-0.2, -0.15) is 0 Å². The molecule has 1 N–H and O–H groups in total. The minimum absolute atomic E-state index is 0.0484. The quantitative estimate of drug-likeness (QED) is 0.317. The van der Waals surface area contributed by atoms with Gasteiger partial charge in [-0.3, -0.25) is 9.59 Å². The highest BCUT2D eigenvalue weighted by Gasteiger charge is 2.21. The monoisotopic (exact) mass is 512 g/mol. The Hall–Kier alpha value is -4.57. The number of nitrogens with zero attached hydrogens (tertiary/aromatic N) is 5. The van der Waals surface area contributed by atoms with Gasteiger partial charge in [0.15, 0.2) is 0 Å². The van der Waals surface area contributed by atoms with Gasteiger partial charge in [0.25, 0.3) is 0 Å². The van der Waals surface area contributed by atoms with E-state index in [0.717, 1.165) is 21.8 Å². The third-order valence-electron chi connectivity index (χ3n) is 5.71. The number of amides is 2. The first-order valence-electron chi connectivity index (χ1n) is 11.6. The number of anilines is 1. The lowest BCUT2D eigenvalue weighted by Gasteiger charge is -2.21. The second-order valence-electron chi connectivity index (χ2n) is 8.25. The Kier molecular flexibility index (Phi) is 7.18. The molecule has 5 aromatic rings. The fraction of sp³-hybridized carbons (Fsp3) is 0.148. The summed E-state index contributed by atoms with van der Waals surface area (Å²) in [5, 5.41) is 13.8. The molecule has 0 aliphatic carbocycles. The summed E-state index contributed by atoms with van der Waals surface area (Å²) in [4.78, 5) is 32.5. The Morgan fingerprint density at radius 1 is 1.00 bits per heavy atom. The normalized spacial score (nSPS) is 10.8. The smallest absolute Gasteiger partial charge is 0.245 e. The summed E-state index contributed by atoms with van der Waals surface area (Å²) in [6.07, 6.45) is 0. The predicted octanol–water partition coefficient (Wildman–Crippen LogP) is 4.23. The second kappa shape index (κ2) is 11.0. The van der Waals surface area contributed by atoms with E-state index in [1.54, 1.807) is 36.1 Å². The molecule has 0 aliphatic heterocycles. The largest absolute Gasteiger partial charge is 0.497 e. The van der Waals surface area contributed by atoms with Crippen LogP contribution in [0.15, 0.2) is 84.2 Å². The van der Waals surface area contributed by atoms with Gasteiger partial charge < -0.3 is 15.0 Å². The van der Waals surface area contributed by atoms with Crippen LogP contribution in [0.1, 0.15) is 5.01 Å². The van der Waals surface area contributed by atoms with Crippen molar-refractivity contribution >= 4 is 39.9 Å². The number of ether oxygens (including phenoxy) is 1. The van der Waals surface area contributed by atoms with Crippen molar-refractivity contribution in [1.82, 2.24) is 24.9 Å². The van der Waals surface area contributed by atoms with Crippen LogP contribution in [0.4, 0.5) is 5.69 Å². The summed E-state index contributed by atoms with van der Waals surface area (Å²) in [6.45, 7) is 0.00395. The molecule has 9 nitrogen and oxygen atoms in total. The molecule has 0 atom stereocenters. The van der Waals surface area contributed by atoms with Crippen LogP contribution in [0.5, 0.6) is 5.75 Å². The van der Waals surface area contributed by atoms with Crippen LogP contribution in [0, 0.1) is 0 Å². The minimum atomic E-state index is -0.318. The third kappa shape index (κ3) is 5.81. The molecule has 0 radical (unpaired) electrons. The van der Waals surface area contributed by atoms with E-state index < -0.39 is 0 Å². The Labute approximate surface area is 217 Å². The van der Waals surface area contributed by atoms with Gasteiger partial charge in [0.2, 0.25) is 11.8 Å². The first-order valence-corrected chi connectivity index (χ1v) is 12.5. The molecule has 0 saturated carbocycles. The lowest BCUT2D eigenvalue weighted by Crippen LogP contribution is -2.39. The van der Waals surface area contributed by atoms with Crippen molar-refractivity contribution in [2.45, 2.75) is 13.1 Å². The number of fused-ring (bicyclic) bond motifs is 1. The van der Waals surface area contributed by atoms with Crippen molar-refractivity contribution < 1.29 is 14.3 Å². The fourth-order valence-electron chi connectivity index (χ4n) is 3.83. The molecule has 186 valence electrons. The van der Waals surface area contributed by atoms with E-state index in [9.17, 15) is 9.59 Å². The predicted molar refractivity (Wildman–Crippen MR) is 142 cm³/mol. The molecule has 10 heteroatoms. The van der Waals surface area contributed by atoms with Gasteiger partial charge in [0.1, 0.15) is 29.4 Å². The van der Waals surface area contributed by atoms with Gasteiger partial charge in [-0.05, 0) is 36.4 Å². The zero-order valence-corrected chi connectivity index (χ0v) is 20.9. The lowest BCUT2D eigenvalue weighted by molar-refractivity contribution is -0.136. The van der Waals surface area contributed by atoms with E-state index in [2.05, 4.69) is 15.6 Å². The van der Waals surface area contributed by atoms with E-state index in [1.807, 2.05) is 60.0 Å². The van der Waals surface area contributed by atoms with Crippen LogP contribution in [0.2, 0.25) is 0 Å². The number of nitrogens with one attached hydrogen (secondary N) is 1. The van der Waals surface area contributed by atoms with E-state index in [-0.39, 0.29) is 31.4 Å². The zero-order chi connectivity index (χ0) is 25.6. The summed E-state index contributed by atoms with van der Waals surface area (Å²) in [5.41, 5.74) is 3.89. The molecule has 0 spiro atoms. The molecule has 3 aromatic carbocycles. The topological polar surface area (TPSA) is 102 Å². The van der Waals surface area contributed by atoms with Gasteiger partial charge in [0, 0.05) is 16.6 Å². The average Bonchev–Trinajstić information content (AvgIpc) is 3.57. The highest BCUT2D eigenvalue weighted by Crippen LogP contribution is 2.23. The number of benzene rings is 3. The first kappa shape index (κ1) is 24.1. The van der Waals surface area contributed by atoms with Gasteiger partial charge in [-0.25, -0.2) is 9.67 Å². The van der Waals surface area contributed by atoms with Crippen LogP contribution >= 0.6 is 11.3 Å². The number of thiazole rings is 1. The maximum absolute atomic E-state index is 13.4. The molecular weight excluding hydrogens is 488 g/mol. The van der Waals surface area contributed by atoms with Crippen LogP contribution in [-0.4, -0.2) is 50.3 Å². The standard InChI is InChI=1S/C27H24N6O3S/c1-36-21-13-11-20(12-14-21)28-25(34)15-32(16-26-29-23(18-37-26)19-7-3-2-4-8-19)27(35)17-33-24-10-6-5-9-22(24)30-31-33/h2-14,18H,15-17H2,1H3,(H,28,34). The van der Waals surface area contributed by atoms with Gasteiger partial charge in [-0.15, -0.1) is 16.4 Å². The number of hydrogen-bond acceptors (Lipinski definition) is 7. The molecular formula is C27H24N6O3S. The maximum atomic E-state index is 13.4. The van der Waals surface area contributed by atoms with Gasteiger partial charge in [0.05, 0.1) is 24.9 Å². The van der Waals surface area contributed by atoms with Crippen LogP contribution < -0.4 is 10.1 Å². The summed E-state index contributed by atoms with van der Waals surface area (Å²) < 4.78 is 6.71. The average molecular weight is 513 g/mol. The Balaban J connectivity index is 1.34. The number of carbonyl (C=O) groups excluding carboxylic acids is 2. The molecule has 2 heterocycles. The summed E-state index contributed by atoms with van der Waals surface area (Å²) >= 11 is 1.45. The van der Waals surface area contributed by atoms with E-state index >= 15 is 0 Å². The van der Waals surface area contributed by atoms with E-state index in [1.165, 1.54) is 16.2 Å². The highest BCUT2D eigenvalue weighted by atomic mass is 32.1. The van der Waals surface area contributed by atoms with Crippen LogP contribution in [0.25, 0.3) is 22.3 Å². The van der Waals surface area contributed by atoms with Crippen molar-refractivity contribution in [1.29, 1.82) is 0 Å². The Morgan fingerprint density at radius 2 is 1.76 bits per heavy atom. The van der Waals surface area contributed by atoms with Gasteiger partial charge >= 0.3 is 0 Å². The molecule has 2 aromatic heterocycles. The molecule has 0 bridgehead atoms. The van der Waals surface area contributed by atoms with E-state index in [4.69, 9.17) is 9.72 Å². The molecule has 37 heavy (non-hydrogen) atoms. The molecule has 5 rings (SSSR count). The van der Waals surface area contributed by atoms with Crippen molar-refractivity contribution in [3.63, 3.8) is 0 Å². The fourth-order valence-corrected chi connectivity index (χ4v) is 4.65. The Morgan fingerprint density at radius 3 is 2.54 bits per heavy atom. The van der Waals surface area contributed by atoms with Crippen LogP contribution in [-0.2, 0) is 22.7 Å². The SMILES string of the molecule is COc1ccc(NC(=O)CN(Cc2nc(-c3ccccc3)cs2)C(=O)Cn2nnc3ccccc32)cc1. The first-order chi connectivity index (χ1) is 18.1. The number of para-hydroxylation sites is 1. The molecule has 0 unspecified atom stereocenters. The van der Waals surface area contributed by atoms with Crippen molar-refractivity contribution in [2.75, 3.05) is 19.0 Å². The Bertz CT molecular complexity index is 1510. The number of aromatic nitrogens is 4. The number of methoxy groups -OCH3 is 1. The minimum Gasteiger partial charge on any atom is -0.497 e. The number of hydrogen-bond donors (Lipinski definition) is 1. The lowest BCUT2D eigenvalue weighted by atomic mass is 10.2. The summed E-state index contributed by atoms with van der Waals surface area (Å²) in [5.74, 6) is 0.103. The highest BCUT2D eigenvalue weighted by molar-refractivity contribution is 7.09. The van der Waals surface area contributed by atoms with Crippen LogP contribution in [0.3, 0.4) is 0 Å². The van der Waals surface area contributed by atoms with E-state index in [0.29, 0.717) is 17.0 Å². The number of carbonyl (C=O) groups is 2. The van der Waals surface area contributed by atoms with Crippen molar-refractivity contribution in [3.05, 3.63) is 89.3 Å². The summed E-state index contributed by atoms with van der Waals surface area (Å²) in [7, 11) is 1.58. The summed E-state index contributed by atoms with van der Waals surface area (Å²) in [6, 6.07) is 24.3. The molecule has 0 saturated heterocycles. The molecule has 0 aliphatic rings. The maximum Gasteiger partial charge on any atom is 0.245 e.